The van der Waals surface area contributed by atoms with Crippen molar-refractivity contribution in [2.45, 2.75) is 0 Å². The molecule has 4 heterocycles. The third-order valence-corrected chi connectivity index (χ3v) is 9.41. The number of para-hydroxylation sites is 5. The summed E-state index contributed by atoms with van der Waals surface area (Å²) in [7, 11) is 0. The Kier molecular flexibility index (Phi) is 6.99. The van der Waals surface area contributed by atoms with Crippen LogP contribution in [0.25, 0.3) is 77.9 Å². The molecule has 0 spiro atoms. The standard InChI is InChI=1S/C45H28N6O/c1-6-12-44-35(7-1)36-25-26-37(50-45(36)52-44)29-13-19-32(20-14-29)51(33-21-15-30(16-22-33)42-27-46-38-8-2-4-10-40(38)48-42)34-23-17-31(18-24-34)43-28-47-39-9-3-5-11-41(39)49-43/h1-28H. The predicted octanol–water partition coefficient (Wildman–Crippen LogP) is 11.3. The number of rotatable bonds is 6. The van der Waals surface area contributed by atoms with Gasteiger partial charge in [0, 0.05) is 44.5 Å². The smallest absolute Gasteiger partial charge is 0.227 e. The molecule has 0 N–H and O–H groups in total. The molecule has 7 heteroatoms. The molecule has 52 heavy (non-hydrogen) atoms. The SMILES string of the molecule is c1ccc2nc(-c3ccc(N(c4ccc(-c5cnc6ccccc6n5)cc4)c4ccc(-c5ccc6c(n5)oc5ccccc56)cc4)cc3)cnc2c1. The summed E-state index contributed by atoms with van der Waals surface area (Å²) in [4.78, 5) is 26.1. The number of hydrogen-bond acceptors (Lipinski definition) is 7. The molecular formula is C45H28N6O. The molecule has 7 nitrogen and oxygen atoms in total. The van der Waals surface area contributed by atoms with E-state index in [0.717, 1.165) is 89.3 Å². The van der Waals surface area contributed by atoms with Crippen LogP contribution < -0.4 is 4.90 Å². The second kappa shape index (κ2) is 12.3. The molecule has 10 aromatic rings. The first-order valence-corrected chi connectivity index (χ1v) is 17.1. The number of furan rings is 1. The van der Waals surface area contributed by atoms with Crippen molar-refractivity contribution in [2.24, 2.45) is 0 Å². The van der Waals surface area contributed by atoms with Crippen LogP contribution in [0.1, 0.15) is 0 Å². The minimum atomic E-state index is 0.636. The lowest BCUT2D eigenvalue weighted by atomic mass is 10.1. The molecule has 0 radical (unpaired) electrons. The van der Waals surface area contributed by atoms with E-state index in [0.29, 0.717) is 5.71 Å². The minimum Gasteiger partial charge on any atom is -0.438 e. The maximum absolute atomic E-state index is 6.08. The van der Waals surface area contributed by atoms with Crippen LogP contribution in [0.15, 0.2) is 175 Å². The van der Waals surface area contributed by atoms with Gasteiger partial charge in [-0.3, -0.25) is 9.97 Å². The van der Waals surface area contributed by atoms with Gasteiger partial charge in [-0.2, -0.15) is 0 Å². The van der Waals surface area contributed by atoms with E-state index in [1.807, 2.05) is 79.1 Å². The Morgan fingerprint density at radius 1 is 0.365 bits per heavy atom. The van der Waals surface area contributed by atoms with Gasteiger partial charge in [0.1, 0.15) is 5.58 Å². The van der Waals surface area contributed by atoms with Crippen molar-refractivity contribution < 1.29 is 4.42 Å². The zero-order valence-corrected chi connectivity index (χ0v) is 27.8. The number of benzene rings is 6. The Hall–Kier alpha value is -7.25. The van der Waals surface area contributed by atoms with Crippen molar-refractivity contribution in [1.82, 2.24) is 24.9 Å². The van der Waals surface area contributed by atoms with Gasteiger partial charge in [-0.25, -0.2) is 15.0 Å². The second-order valence-corrected chi connectivity index (χ2v) is 12.6. The molecule has 0 saturated heterocycles. The van der Waals surface area contributed by atoms with E-state index in [-0.39, 0.29) is 0 Å². The minimum absolute atomic E-state index is 0.636. The fraction of sp³-hybridized carbons (Fsp3) is 0. The molecule has 4 aromatic heterocycles. The van der Waals surface area contributed by atoms with Crippen LogP contribution >= 0.6 is 0 Å². The van der Waals surface area contributed by atoms with E-state index >= 15 is 0 Å². The van der Waals surface area contributed by atoms with Crippen LogP contribution in [0.5, 0.6) is 0 Å². The number of anilines is 3. The molecule has 0 unspecified atom stereocenters. The first kappa shape index (κ1) is 29.6. The van der Waals surface area contributed by atoms with Gasteiger partial charge in [-0.05, 0) is 78.9 Å². The lowest BCUT2D eigenvalue weighted by Gasteiger charge is -2.26. The second-order valence-electron chi connectivity index (χ2n) is 12.6. The van der Waals surface area contributed by atoms with Gasteiger partial charge in [0.25, 0.3) is 0 Å². The summed E-state index contributed by atoms with van der Waals surface area (Å²) < 4.78 is 6.08. The molecule has 0 atom stereocenters. The highest BCUT2D eigenvalue weighted by Gasteiger charge is 2.16. The molecule has 0 aliphatic carbocycles. The molecule has 0 bridgehead atoms. The first-order valence-electron chi connectivity index (χ1n) is 17.1. The summed E-state index contributed by atoms with van der Waals surface area (Å²) in [5, 5.41) is 2.08. The average molecular weight is 669 g/mol. The van der Waals surface area contributed by atoms with Crippen molar-refractivity contribution in [1.29, 1.82) is 0 Å². The Morgan fingerprint density at radius 3 is 1.37 bits per heavy atom. The Bertz CT molecular complexity index is 2780. The zero-order chi connectivity index (χ0) is 34.4. The maximum Gasteiger partial charge on any atom is 0.227 e. The van der Waals surface area contributed by atoms with Crippen molar-refractivity contribution in [3.63, 3.8) is 0 Å². The Balaban J connectivity index is 1.02. The fourth-order valence-electron chi connectivity index (χ4n) is 6.75. The van der Waals surface area contributed by atoms with Gasteiger partial charge in [0.15, 0.2) is 0 Å². The van der Waals surface area contributed by atoms with Crippen molar-refractivity contribution >= 4 is 61.2 Å². The van der Waals surface area contributed by atoms with Gasteiger partial charge < -0.3 is 9.32 Å². The summed E-state index contributed by atoms with van der Waals surface area (Å²) in [6.45, 7) is 0. The normalized spacial score (nSPS) is 11.5. The van der Waals surface area contributed by atoms with E-state index in [1.165, 1.54) is 0 Å². The Morgan fingerprint density at radius 2 is 0.827 bits per heavy atom. The van der Waals surface area contributed by atoms with Gasteiger partial charge in [-0.15, -0.1) is 0 Å². The van der Waals surface area contributed by atoms with E-state index < -0.39 is 0 Å². The maximum atomic E-state index is 6.08. The van der Waals surface area contributed by atoms with Crippen LogP contribution in [-0.4, -0.2) is 24.9 Å². The molecule has 0 fully saturated rings. The average Bonchev–Trinajstić information content (AvgIpc) is 3.59. The molecule has 0 amide bonds. The van der Waals surface area contributed by atoms with Crippen molar-refractivity contribution in [3.05, 3.63) is 170 Å². The Labute approximate surface area is 298 Å². The topological polar surface area (TPSA) is 80.8 Å². The molecule has 6 aromatic carbocycles. The van der Waals surface area contributed by atoms with Crippen molar-refractivity contribution in [2.75, 3.05) is 4.90 Å². The van der Waals surface area contributed by atoms with E-state index in [9.17, 15) is 0 Å². The van der Waals surface area contributed by atoms with Crippen LogP contribution in [-0.2, 0) is 0 Å². The van der Waals surface area contributed by atoms with Crippen LogP contribution in [0.2, 0.25) is 0 Å². The van der Waals surface area contributed by atoms with Crippen LogP contribution in [0, 0.1) is 0 Å². The lowest BCUT2D eigenvalue weighted by Crippen LogP contribution is -2.10. The molecule has 0 saturated carbocycles. The molecule has 0 aliphatic rings. The third kappa shape index (κ3) is 5.28. The quantitative estimate of drug-likeness (QED) is 0.174. The summed E-state index contributed by atoms with van der Waals surface area (Å²) >= 11 is 0. The number of pyridine rings is 1. The van der Waals surface area contributed by atoms with E-state index in [1.54, 1.807) is 0 Å². The number of hydrogen-bond donors (Lipinski definition) is 0. The number of fused-ring (bicyclic) bond motifs is 5. The largest absolute Gasteiger partial charge is 0.438 e. The predicted molar refractivity (Wildman–Crippen MR) is 209 cm³/mol. The van der Waals surface area contributed by atoms with Crippen LogP contribution in [0.4, 0.5) is 17.1 Å². The highest BCUT2D eigenvalue weighted by atomic mass is 16.3. The highest BCUT2D eigenvalue weighted by Crippen LogP contribution is 2.38. The highest BCUT2D eigenvalue weighted by molar-refractivity contribution is 6.04. The summed E-state index contributed by atoms with van der Waals surface area (Å²) in [6.07, 6.45) is 3.66. The molecule has 0 aliphatic heterocycles. The van der Waals surface area contributed by atoms with Gasteiger partial charge in [-0.1, -0.05) is 78.9 Å². The van der Waals surface area contributed by atoms with Crippen LogP contribution in [0.3, 0.4) is 0 Å². The third-order valence-electron chi connectivity index (χ3n) is 9.41. The number of nitrogens with zero attached hydrogens (tertiary/aromatic N) is 6. The summed E-state index contributed by atoms with van der Waals surface area (Å²) in [5.41, 5.74) is 13.5. The zero-order valence-electron chi connectivity index (χ0n) is 27.8. The fourth-order valence-corrected chi connectivity index (χ4v) is 6.75. The first-order chi connectivity index (χ1) is 25.7. The van der Waals surface area contributed by atoms with E-state index in [4.69, 9.17) is 19.4 Å². The summed E-state index contributed by atoms with van der Waals surface area (Å²) in [6, 6.07) is 53.4. The molecule has 10 rings (SSSR count). The summed E-state index contributed by atoms with van der Waals surface area (Å²) in [5.74, 6) is 0. The molecular weight excluding hydrogens is 641 g/mol. The number of aromatic nitrogens is 5. The molecule has 244 valence electrons. The van der Waals surface area contributed by atoms with Gasteiger partial charge in [0.05, 0.1) is 51.5 Å². The lowest BCUT2D eigenvalue weighted by molar-refractivity contribution is 0.654. The van der Waals surface area contributed by atoms with Crippen molar-refractivity contribution in [3.8, 4) is 33.8 Å². The van der Waals surface area contributed by atoms with Gasteiger partial charge >= 0.3 is 0 Å². The van der Waals surface area contributed by atoms with Gasteiger partial charge in [0.2, 0.25) is 5.71 Å². The van der Waals surface area contributed by atoms with E-state index in [2.05, 4.69) is 106 Å². The monoisotopic (exact) mass is 668 g/mol.